The highest BCUT2D eigenvalue weighted by atomic mass is 79.9. The van der Waals surface area contributed by atoms with E-state index in [4.69, 9.17) is 16.6 Å². The van der Waals surface area contributed by atoms with Gasteiger partial charge in [-0.25, -0.2) is 0 Å². The molecule has 44 heavy (non-hydrogen) atoms. The summed E-state index contributed by atoms with van der Waals surface area (Å²) in [5, 5.41) is 0.749. The topological polar surface area (TPSA) is 73.8 Å². The monoisotopic (exact) mass is 766 g/mol. The Hall–Kier alpha value is -1.46. The maximum Gasteiger partial charge on any atom is 0.236 e. The van der Waals surface area contributed by atoms with Gasteiger partial charge in [0, 0.05) is 83.3 Å². The average molecular weight is 769 g/mol. The molecule has 1 atom stereocenters. The average Bonchev–Trinajstić information content (AvgIpc) is 3.15. The van der Waals surface area contributed by atoms with Gasteiger partial charge in [0.1, 0.15) is 0 Å². The number of aryl methyl sites for hydroxylation is 2. The second-order valence-electron chi connectivity index (χ2n) is 13.0. The Morgan fingerprint density at radius 1 is 0.909 bits per heavy atom. The molecule has 6 rings (SSSR count). The zero-order valence-electron chi connectivity index (χ0n) is 25.1. The molecule has 0 unspecified atom stereocenters. The van der Waals surface area contributed by atoms with Crippen molar-refractivity contribution in [3.05, 3.63) is 60.7 Å². The molecule has 0 saturated carbocycles. The summed E-state index contributed by atoms with van der Waals surface area (Å²) in [6.07, 6.45) is 7.94. The molecule has 2 amide bonds. The fraction of sp³-hybridized carbons (Fsp3) is 0.576. The molecule has 0 bridgehead atoms. The molecule has 3 aliphatic heterocycles. The molecule has 3 fully saturated rings. The quantitative estimate of drug-likeness (QED) is 0.382. The summed E-state index contributed by atoms with van der Waals surface area (Å²) >= 11 is 14.0. The van der Waals surface area contributed by atoms with Gasteiger partial charge in [-0.3, -0.25) is 23.7 Å². The molecule has 11 heteroatoms. The maximum atomic E-state index is 13.4. The van der Waals surface area contributed by atoms with E-state index in [2.05, 4.69) is 59.7 Å². The number of carbonyl (C=O) groups excluding carboxylic acids is 2. The second-order valence-corrected chi connectivity index (χ2v) is 18.0. The largest absolute Gasteiger partial charge is 0.343 e. The number of amides is 2. The summed E-state index contributed by atoms with van der Waals surface area (Å²) in [6.45, 7) is 4.69. The number of halogens is 3. The van der Waals surface area contributed by atoms with Crippen LogP contribution in [0.1, 0.15) is 60.4 Å². The molecule has 7 nitrogen and oxygen atoms in total. The molecule has 1 aromatic heterocycles. The third kappa shape index (κ3) is 7.40. The predicted molar refractivity (Wildman–Crippen MR) is 185 cm³/mol. The summed E-state index contributed by atoms with van der Waals surface area (Å²) < 4.78 is 14.2. The lowest BCUT2D eigenvalue weighted by molar-refractivity contribution is -0.135. The summed E-state index contributed by atoms with van der Waals surface area (Å²) in [7, 11) is -1.96. The highest BCUT2D eigenvalue weighted by molar-refractivity contribution is 9.10. The summed E-state index contributed by atoms with van der Waals surface area (Å²) in [5.41, 5.74) is 5.03. The fourth-order valence-electron chi connectivity index (χ4n) is 7.53. The lowest BCUT2D eigenvalue weighted by Crippen LogP contribution is -2.48. The van der Waals surface area contributed by atoms with Crippen LogP contribution < -0.4 is 0 Å². The third-order valence-electron chi connectivity index (χ3n) is 10.1. The van der Waals surface area contributed by atoms with Crippen LogP contribution in [0.3, 0.4) is 0 Å². The maximum absolute atomic E-state index is 13.4. The minimum Gasteiger partial charge on any atom is -0.343 e. The van der Waals surface area contributed by atoms with Crippen molar-refractivity contribution in [2.24, 2.45) is 11.8 Å². The molecular formula is C33H41Br2ClN4O3S. The Bertz CT molecular complexity index is 1510. The number of nitrogens with zero attached hydrogens (tertiary/aromatic N) is 4. The molecule has 0 radical (unpaired) electrons. The Balaban J connectivity index is 1.03. The van der Waals surface area contributed by atoms with E-state index >= 15 is 0 Å². The lowest BCUT2D eigenvalue weighted by atomic mass is 9.76. The number of carbonyl (C=O) groups is 2. The standard InChI is InChI=1S/C33H41Br2ClN4O3S/c1-44(43)14-12-38(13-15-44)21-30(42)40-8-4-22(5-9-40)16-29(41)39-10-6-23(7-11-39)32-31-24(18-27(36)19-28(31)35)2-3-25-17-26(34)20-37-33(25)32/h17-20,22-23,32H,1-16,21H2/t32-/m1/s1. The Labute approximate surface area is 283 Å². The van der Waals surface area contributed by atoms with E-state index in [1.807, 2.05) is 17.2 Å². The van der Waals surface area contributed by atoms with Crippen LogP contribution in [0.15, 0.2) is 33.3 Å². The smallest absolute Gasteiger partial charge is 0.236 e. The number of likely N-dealkylation sites (tertiary alicyclic amines) is 2. The molecule has 0 spiro atoms. The zero-order chi connectivity index (χ0) is 31.0. The van der Waals surface area contributed by atoms with Crippen LogP contribution in [-0.4, -0.2) is 98.9 Å². The molecule has 238 valence electrons. The molecule has 0 N–H and O–H groups in total. The fourth-order valence-corrected chi connectivity index (χ4v) is 10.4. The minimum atomic E-state index is -1.96. The SMILES string of the molecule is C=S1(=O)CCN(CC(=O)N2CCC(CC(=O)N3CCC([C@H]4c5ncc(Br)cc5CCc5cc(Cl)cc(Br)c54)CC3)CC2)CC1. The number of benzene rings is 1. The first-order chi connectivity index (χ1) is 21.1. The van der Waals surface area contributed by atoms with Crippen molar-refractivity contribution >= 4 is 70.7 Å². The van der Waals surface area contributed by atoms with Gasteiger partial charge in [-0.15, -0.1) is 0 Å². The minimum absolute atomic E-state index is 0.145. The van der Waals surface area contributed by atoms with Crippen LogP contribution in [-0.2, 0) is 32.0 Å². The Morgan fingerprint density at radius 3 is 2.25 bits per heavy atom. The van der Waals surface area contributed by atoms with Gasteiger partial charge in [-0.05, 0) is 117 Å². The number of hydrogen-bond donors (Lipinski definition) is 0. The summed E-state index contributed by atoms with van der Waals surface area (Å²) in [4.78, 5) is 37.4. The van der Waals surface area contributed by atoms with E-state index in [0.717, 1.165) is 71.3 Å². The van der Waals surface area contributed by atoms with E-state index in [-0.39, 0.29) is 17.7 Å². The molecule has 1 aliphatic carbocycles. The van der Waals surface area contributed by atoms with Crippen molar-refractivity contribution in [3.8, 4) is 0 Å². The van der Waals surface area contributed by atoms with E-state index in [0.29, 0.717) is 62.5 Å². The number of pyridine rings is 1. The number of aromatic nitrogens is 1. The van der Waals surface area contributed by atoms with Crippen molar-refractivity contribution in [2.75, 3.05) is 57.3 Å². The molecule has 4 aliphatic rings. The van der Waals surface area contributed by atoms with Gasteiger partial charge in [-0.2, -0.15) is 0 Å². The van der Waals surface area contributed by atoms with Crippen molar-refractivity contribution < 1.29 is 13.8 Å². The van der Waals surface area contributed by atoms with Gasteiger partial charge in [0.05, 0.1) is 12.2 Å². The highest BCUT2D eigenvalue weighted by Gasteiger charge is 2.37. The van der Waals surface area contributed by atoms with Gasteiger partial charge < -0.3 is 9.80 Å². The van der Waals surface area contributed by atoms with Crippen LogP contribution in [0.2, 0.25) is 5.02 Å². The van der Waals surface area contributed by atoms with Crippen molar-refractivity contribution in [1.29, 1.82) is 0 Å². The molecular weight excluding hydrogens is 728 g/mol. The molecule has 2 aromatic rings. The number of hydrogen-bond acceptors (Lipinski definition) is 5. The summed E-state index contributed by atoms with van der Waals surface area (Å²) in [6, 6.07) is 6.33. The van der Waals surface area contributed by atoms with Gasteiger partial charge in [0.2, 0.25) is 11.8 Å². The van der Waals surface area contributed by atoms with E-state index in [1.165, 1.54) is 16.7 Å². The summed E-state index contributed by atoms with van der Waals surface area (Å²) in [5.74, 6) is 6.22. The zero-order valence-corrected chi connectivity index (χ0v) is 29.9. The molecule has 1 aromatic carbocycles. The number of piperidine rings is 2. The van der Waals surface area contributed by atoms with Crippen LogP contribution >= 0.6 is 43.5 Å². The van der Waals surface area contributed by atoms with Crippen molar-refractivity contribution in [3.63, 3.8) is 0 Å². The first kappa shape index (κ1) is 32.5. The van der Waals surface area contributed by atoms with Gasteiger partial charge in [0.25, 0.3) is 0 Å². The second kappa shape index (κ2) is 13.7. The van der Waals surface area contributed by atoms with E-state index in [1.54, 1.807) is 0 Å². The van der Waals surface area contributed by atoms with Crippen molar-refractivity contribution in [2.45, 2.75) is 50.9 Å². The number of fused-ring (bicyclic) bond motifs is 2. The first-order valence-electron chi connectivity index (χ1n) is 15.8. The predicted octanol–water partition coefficient (Wildman–Crippen LogP) is 5.39. The van der Waals surface area contributed by atoms with Gasteiger partial charge in [-0.1, -0.05) is 27.5 Å². The third-order valence-corrected chi connectivity index (χ3v) is 13.3. The normalized spacial score (nSPS) is 23.1. The van der Waals surface area contributed by atoms with Crippen molar-refractivity contribution in [1.82, 2.24) is 19.7 Å². The van der Waals surface area contributed by atoms with Gasteiger partial charge >= 0.3 is 0 Å². The van der Waals surface area contributed by atoms with Crippen LogP contribution in [0.25, 0.3) is 0 Å². The molecule has 3 saturated heterocycles. The molecule has 4 heterocycles. The first-order valence-corrected chi connectivity index (χ1v) is 19.8. The van der Waals surface area contributed by atoms with E-state index < -0.39 is 9.52 Å². The Kier molecular flexibility index (Phi) is 10.1. The van der Waals surface area contributed by atoms with E-state index in [9.17, 15) is 13.8 Å². The van der Waals surface area contributed by atoms with Crippen LogP contribution in [0, 0.1) is 11.8 Å². The number of rotatable bonds is 5. The lowest BCUT2D eigenvalue weighted by Gasteiger charge is -2.38. The van der Waals surface area contributed by atoms with Crippen LogP contribution in [0.4, 0.5) is 0 Å². The van der Waals surface area contributed by atoms with Gasteiger partial charge in [0.15, 0.2) is 0 Å². The van der Waals surface area contributed by atoms with Crippen LogP contribution in [0.5, 0.6) is 0 Å². The highest BCUT2D eigenvalue weighted by Crippen LogP contribution is 2.46. The Morgan fingerprint density at radius 2 is 1.55 bits per heavy atom.